The number of likely N-dealkylation sites (tertiary alicyclic amines) is 1. The Labute approximate surface area is 194 Å². The number of ether oxygens (including phenoxy) is 2. The van der Waals surface area contributed by atoms with Gasteiger partial charge < -0.3 is 19.3 Å². The van der Waals surface area contributed by atoms with E-state index in [1.165, 1.54) is 5.56 Å². The number of benzene rings is 2. The second-order valence-electron chi connectivity index (χ2n) is 9.01. The molecule has 3 heterocycles. The number of aromatic nitrogens is 1. The van der Waals surface area contributed by atoms with Crippen molar-refractivity contribution in [1.82, 2.24) is 9.88 Å². The summed E-state index contributed by atoms with van der Waals surface area (Å²) >= 11 is 0. The van der Waals surface area contributed by atoms with Gasteiger partial charge in [-0.05, 0) is 62.3 Å². The standard InChI is InChI=1S/C27H29N3O3/c1-29-14-10-27(11-15-29)19-30(26(31)21-8-12-28-13-9-21)23-17-25(24(32-2)16-22(23)27)33-18-20-6-4-3-5-7-20/h3-9,12-13,16-17H,10-11,14-15,18-19H2,1-2H3. The van der Waals surface area contributed by atoms with Crippen LogP contribution in [0.25, 0.3) is 0 Å². The fourth-order valence-corrected chi connectivity index (χ4v) is 4.98. The number of carbonyl (C=O) groups excluding carboxylic acids is 1. The summed E-state index contributed by atoms with van der Waals surface area (Å²) in [5.74, 6) is 1.35. The predicted molar refractivity (Wildman–Crippen MR) is 128 cm³/mol. The number of pyridine rings is 1. The van der Waals surface area contributed by atoms with Gasteiger partial charge in [-0.1, -0.05) is 30.3 Å². The van der Waals surface area contributed by atoms with Gasteiger partial charge in [-0.2, -0.15) is 0 Å². The summed E-state index contributed by atoms with van der Waals surface area (Å²) in [6.45, 7) is 3.11. The van der Waals surface area contributed by atoms with E-state index in [1.807, 2.05) is 41.3 Å². The van der Waals surface area contributed by atoms with Gasteiger partial charge >= 0.3 is 0 Å². The van der Waals surface area contributed by atoms with Gasteiger partial charge in [0.15, 0.2) is 11.5 Å². The molecule has 0 aliphatic carbocycles. The zero-order valence-electron chi connectivity index (χ0n) is 19.2. The van der Waals surface area contributed by atoms with Gasteiger partial charge in [0.1, 0.15) is 6.61 Å². The lowest BCUT2D eigenvalue weighted by atomic mass is 9.74. The van der Waals surface area contributed by atoms with E-state index in [0.717, 1.165) is 37.2 Å². The van der Waals surface area contributed by atoms with Crippen molar-refractivity contribution in [2.45, 2.75) is 24.9 Å². The average molecular weight is 444 g/mol. The third-order valence-corrected chi connectivity index (χ3v) is 6.96. The molecule has 3 aromatic rings. The first-order chi connectivity index (χ1) is 16.1. The number of hydrogen-bond acceptors (Lipinski definition) is 5. The van der Waals surface area contributed by atoms with Crippen LogP contribution in [0, 0.1) is 0 Å². The number of anilines is 1. The van der Waals surface area contributed by atoms with E-state index in [1.54, 1.807) is 31.6 Å². The number of nitrogens with zero attached hydrogens (tertiary/aromatic N) is 3. The summed E-state index contributed by atoms with van der Waals surface area (Å²) in [6.07, 6.45) is 5.34. The Morgan fingerprint density at radius 1 is 1.03 bits per heavy atom. The summed E-state index contributed by atoms with van der Waals surface area (Å²) in [6, 6.07) is 17.7. The first-order valence-corrected chi connectivity index (χ1v) is 11.4. The molecule has 33 heavy (non-hydrogen) atoms. The van der Waals surface area contributed by atoms with Crippen molar-refractivity contribution in [2.24, 2.45) is 0 Å². The van der Waals surface area contributed by atoms with E-state index in [9.17, 15) is 4.79 Å². The number of methoxy groups -OCH3 is 1. The van der Waals surface area contributed by atoms with E-state index in [-0.39, 0.29) is 11.3 Å². The van der Waals surface area contributed by atoms with Crippen molar-refractivity contribution >= 4 is 11.6 Å². The SMILES string of the molecule is COc1cc2c(cc1OCc1ccccc1)N(C(=O)c1ccncc1)CC21CCN(C)CC1. The van der Waals surface area contributed by atoms with Crippen molar-refractivity contribution in [3.05, 3.63) is 83.7 Å². The second-order valence-corrected chi connectivity index (χ2v) is 9.01. The maximum absolute atomic E-state index is 13.6. The largest absolute Gasteiger partial charge is 0.493 e. The fourth-order valence-electron chi connectivity index (χ4n) is 4.98. The smallest absolute Gasteiger partial charge is 0.258 e. The molecule has 1 aromatic heterocycles. The van der Waals surface area contributed by atoms with Crippen LogP contribution >= 0.6 is 0 Å². The summed E-state index contributed by atoms with van der Waals surface area (Å²) in [4.78, 5) is 21.9. The maximum Gasteiger partial charge on any atom is 0.258 e. The van der Waals surface area contributed by atoms with Crippen molar-refractivity contribution in [3.8, 4) is 11.5 Å². The molecule has 2 aliphatic rings. The van der Waals surface area contributed by atoms with Gasteiger partial charge in [0.05, 0.1) is 12.8 Å². The number of piperidine rings is 1. The van der Waals surface area contributed by atoms with Crippen LogP contribution in [0.15, 0.2) is 67.0 Å². The summed E-state index contributed by atoms with van der Waals surface area (Å²) in [7, 11) is 3.83. The molecular formula is C27H29N3O3. The minimum atomic E-state index is -0.0736. The fraction of sp³-hybridized carbons (Fsp3) is 0.333. The Morgan fingerprint density at radius 2 is 1.76 bits per heavy atom. The van der Waals surface area contributed by atoms with E-state index in [4.69, 9.17) is 9.47 Å². The van der Waals surface area contributed by atoms with Gasteiger partial charge in [-0.25, -0.2) is 0 Å². The van der Waals surface area contributed by atoms with Crippen LogP contribution in [0.4, 0.5) is 5.69 Å². The Balaban J connectivity index is 1.54. The Hall–Kier alpha value is -3.38. The van der Waals surface area contributed by atoms with Gasteiger partial charge in [0.2, 0.25) is 0 Å². The number of rotatable bonds is 5. The van der Waals surface area contributed by atoms with Crippen molar-refractivity contribution in [3.63, 3.8) is 0 Å². The van der Waals surface area contributed by atoms with Crippen LogP contribution in [-0.2, 0) is 12.0 Å². The van der Waals surface area contributed by atoms with Crippen LogP contribution in [0.1, 0.15) is 34.3 Å². The van der Waals surface area contributed by atoms with Crippen molar-refractivity contribution < 1.29 is 14.3 Å². The van der Waals surface area contributed by atoms with Gasteiger partial charge in [-0.3, -0.25) is 9.78 Å². The van der Waals surface area contributed by atoms with E-state index >= 15 is 0 Å². The molecule has 1 fully saturated rings. The normalized spacial score (nSPS) is 17.1. The maximum atomic E-state index is 13.6. The monoisotopic (exact) mass is 443 g/mol. The third kappa shape index (κ3) is 4.07. The number of amides is 1. The van der Waals surface area contributed by atoms with E-state index in [0.29, 0.717) is 30.2 Å². The van der Waals surface area contributed by atoms with Crippen molar-refractivity contribution in [1.29, 1.82) is 0 Å². The van der Waals surface area contributed by atoms with Crippen LogP contribution in [0.3, 0.4) is 0 Å². The lowest BCUT2D eigenvalue weighted by Gasteiger charge is -2.38. The highest BCUT2D eigenvalue weighted by Gasteiger charge is 2.47. The highest BCUT2D eigenvalue weighted by Crippen LogP contribution is 2.51. The number of fused-ring (bicyclic) bond motifs is 2. The minimum Gasteiger partial charge on any atom is -0.493 e. The highest BCUT2D eigenvalue weighted by molar-refractivity contribution is 6.08. The molecular weight excluding hydrogens is 414 g/mol. The molecule has 0 atom stereocenters. The Bertz CT molecular complexity index is 1130. The minimum absolute atomic E-state index is 0.00590. The van der Waals surface area contributed by atoms with E-state index < -0.39 is 0 Å². The van der Waals surface area contributed by atoms with Crippen molar-refractivity contribution in [2.75, 3.05) is 38.7 Å². The highest BCUT2D eigenvalue weighted by atomic mass is 16.5. The molecule has 0 radical (unpaired) electrons. The molecule has 1 spiro atoms. The van der Waals surface area contributed by atoms with Gasteiger partial charge in [0, 0.05) is 36.0 Å². The third-order valence-electron chi connectivity index (χ3n) is 6.96. The van der Waals surface area contributed by atoms with Crippen LogP contribution in [-0.4, -0.2) is 49.6 Å². The molecule has 1 saturated heterocycles. The summed E-state index contributed by atoms with van der Waals surface area (Å²) < 4.78 is 11.9. The number of carbonyl (C=O) groups is 1. The van der Waals surface area contributed by atoms with Crippen LogP contribution in [0.2, 0.25) is 0 Å². The quantitative estimate of drug-likeness (QED) is 0.589. The summed E-state index contributed by atoms with van der Waals surface area (Å²) in [5, 5.41) is 0. The molecule has 0 saturated carbocycles. The Morgan fingerprint density at radius 3 is 2.45 bits per heavy atom. The lowest BCUT2D eigenvalue weighted by Crippen LogP contribution is -2.44. The van der Waals surface area contributed by atoms with E-state index in [2.05, 4.69) is 23.0 Å². The molecule has 0 unspecified atom stereocenters. The predicted octanol–water partition coefficient (Wildman–Crippen LogP) is 4.29. The average Bonchev–Trinajstić information content (AvgIpc) is 3.17. The van der Waals surface area contributed by atoms with Gasteiger partial charge in [-0.15, -0.1) is 0 Å². The molecule has 0 N–H and O–H groups in total. The molecule has 0 bridgehead atoms. The molecule has 6 heteroatoms. The second kappa shape index (κ2) is 8.87. The molecule has 2 aromatic carbocycles. The van der Waals surface area contributed by atoms with Crippen LogP contribution < -0.4 is 14.4 Å². The zero-order chi connectivity index (χ0) is 22.8. The molecule has 6 nitrogen and oxygen atoms in total. The number of hydrogen-bond donors (Lipinski definition) is 0. The first kappa shape index (κ1) is 21.5. The lowest BCUT2D eigenvalue weighted by molar-refractivity contribution is 0.0979. The first-order valence-electron chi connectivity index (χ1n) is 11.4. The zero-order valence-corrected chi connectivity index (χ0v) is 19.2. The molecule has 1 amide bonds. The molecule has 2 aliphatic heterocycles. The van der Waals surface area contributed by atoms with Gasteiger partial charge in [0.25, 0.3) is 5.91 Å². The van der Waals surface area contributed by atoms with Crippen LogP contribution in [0.5, 0.6) is 11.5 Å². The summed E-state index contributed by atoms with van der Waals surface area (Å²) in [5.41, 5.74) is 3.75. The molecule has 5 rings (SSSR count). The Kier molecular flexibility index (Phi) is 5.77. The molecule has 170 valence electrons. The topological polar surface area (TPSA) is 54.9 Å².